The molecule has 4 heteroatoms. The lowest BCUT2D eigenvalue weighted by atomic mass is 9.97. The van der Waals surface area contributed by atoms with Crippen molar-refractivity contribution in [3.05, 3.63) is 69.5 Å². The summed E-state index contributed by atoms with van der Waals surface area (Å²) >= 11 is 0. The van der Waals surface area contributed by atoms with Crippen molar-refractivity contribution in [1.82, 2.24) is 4.98 Å². The van der Waals surface area contributed by atoms with E-state index in [1.165, 1.54) is 5.56 Å². The van der Waals surface area contributed by atoms with Crippen LogP contribution in [0.1, 0.15) is 42.9 Å². The van der Waals surface area contributed by atoms with E-state index in [1.54, 1.807) is 18.5 Å². The summed E-state index contributed by atoms with van der Waals surface area (Å²) in [4.78, 5) is 14.9. The summed E-state index contributed by atoms with van der Waals surface area (Å²) in [5.74, 6) is 0.301. The summed E-state index contributed by atoms with van der Waals surface area (Å²) in [7, 11) is 0. The zero-order valence-electron chi connectivity index (χ0n) is 12.5. The summed E-state index contributed by atoms with van der Waals surface area (Å²) < 4.78 is 0. The second kappa shape index (κ2) is 6.97. The molecule has 0 radical (unpaired) electrons. The van der Waals surface area contributed by atoms with Crippen molar-refractivity contribution in [3.63, 3.8) is 0 Å². The van der Waals surface area contributed by atoms with Gasteiger partial charge in [0, 0.05) is 24.0 Å². The molecule has 0 aliphatic heterocycles. The fourth-order valence-corrected chi connectivity index (χ4v) is 2.35. The zero-order chi connectivity index (χ0) is 15.2. The molecule has 0 atom stereocenters. The van der Waals surface area contributed by atoms with Crippen molar-refractivity contribution >= 4 is 5.69 Å². The van der Waals surface area contributed by atoms with Crippen LogP contribution in [0.15, 0.2) is 42.7 Å². The van der Waals surface area contributed by atoms with Gasteiger partial charge in [-0.3, -0.25) is 15.1 Å². The standard InChI is InChI=1S/C17H20N2O2/c1-13(2)16-7-6-15(17(12-16)19(20)21)5-3-4-14-8-10-18-11-9-14/h6-13H,3-5H2,1-2H3. The lowest BCUT2D eigenvalue weighted by Crippen LogP contribution is -1.99. The maximum atomic E-state index is 11.2. The molecule has 0 N–H and O–H groups in total. The van der Waals surface area contributed by atoms with Gasteiger partial charge < -0.3 is 0 Å². The SMILES string of the molecule is CC(C)c1ccc(CCCc2ccncc2)c([N+](=O)[O-])c1. The molecule has 0 aliphatic rings. The van der Waals surface area contributed by atoms with Crippen LogP contribution >= 0.6 is 0 Å². The van der Waals surface area contributed by atoms with Crippen molar-refractivity contribution in [2.75, 3.05) is 0 Å². The zero-order valence-corrected chi connectivity index (χ0v) is 12.5. The molecule has 1 aromatic heterocycles. The van der Waals surface area contributed by atoms with Gasteiger partial charge in [0.25, 0.3) is 5.69 Å². The van der Waals surface area contributed by atoms with E-state index in [1.807, 2.05) is 38.1 Å². The van der Waals surface area contributed by atoms with Gasteiger partial charge in [-0.2, -0.15) is 0 Å². The molecule has 0 amide bonds. The van der Waals surface area contributed by atoms with Crippen molar-refractivity contribution in [1.29, 1.82) is 0 Å². The molecule has 0 saturated carbocycles. The number of rotatable bonds is 6. The molecule has 1 heterocycles. The summed E-state index contributed by atoms with van der Waals surface area (Å²) in [6, 6.07) is 9.58. The van der Waals surface area contributed by atoms with E-state index in [0.29, 0.717) is 5.92 Å². The van der Waals surface area contributed by atoms with Crippen LogP contribution in [0.5, 0.6) is 0 Å². The third-order valence-corrected chi connectivity index (χ3v) is 3.63. The normalized spacial score (nSPS) is 10.8. The number of aromatic nitrogens is 1. The first kappa shape index (κ1) is 15.2. The Balaban J connectivity index is 2.07. The Hall–Kier alpha value is -2.23. The summed E-state index contributed by atoms with van der Waals surface area (Å²) in [6.45, 7) is 4.09. The third kappa shape index (κ3) is 4.12. The average Bonchev–Trinajstić information content (AvgIpc) is 2.48. The summed E-state index contributed by atoms with van der Waals surface area (Å²) in [5, 5.41) is 11.2. The molecule has 2 aromatic rings. The van der Waals surface area contributed by atoms with Crippen molar-refractivity contribution in [2.24, 2.45) is 0 Å². The number of aryl methyl sites for hydroxylation is 2. The first-order valence-corrected chi connectivity index (χ1v) is 7.24. The molecule has 0 fully saturated rings. The van der Waals surface area contributed by atoms with E-state index < -0.39 is 0 Å². The molecule has 4 nitrogen and oxygen atoms in total. The molecule has 0 unspecified atom stereocenters. The van der Waals surface area contributed by atoms with E-state index in [-0.39, 0.29) is 10.6 Å². The van der Waals surface area contributed by atoms with Crippen LogP contribution in [0.3, 0.4) is 0 Å². The number of nitro benzene ring substituents is 1. The highest BCUT2D eigenvalue weighted by atomic mass is 16.6. The number of nitro groups is 1. The number of nitrogens with zero attached hydrogens (tertiary/aromatic N) is 2. The highest BCUT2D eigenvalue weighted by Gasteiger charge is 2.15. The molecule has 0 saturated heterocycles. The van der Waals surface area contributed by atoms with Crippen LogP contribution in [-0.2, 0) is 12.8 Å². The Morgan fingerprint density at radius 2 is 1.86 bits per heavy atom. The Bertz CT molecular complexity index is 609. The predicted molar refractivity (Wildman–Crippen MR) is 83.4 cm³/mol. The maximum Gasteiger partial charge on any atom is 0.272 e. The molecular weight excluding hydrogens is 264 g/mol. The van der Waals surface area contributed by atoms with Crippen LogP contribution in [0, 0.1) is 10.1 Å². The molecule has 0 spiro atoms. The smallest absolute Gasteiger partial charge is 0.265 e. The first-order valence-electron chi connectivity index (χ1n) is 7.24. The van der Waals surface area contributed by atoms with Crippen LogP contribution < -0.4 is 0 Å². The van der Waals surface area contributed by atoms with Gasteiger partial charge in [-0.15, -0.1) is 0 Å². The number of hydrogen-bond acceptors (Lipinski definition) is 3. The quantitative estimate of drug-likeness (QED) is 0.587. The monoisotopic (exact) mass is 284 g/mol. The minimum Gasteiger partial charge on any atom is -0.265 e. The van der Waals surface area contributed by atoms with Gasteiger partial charge in [0.2, 0.25) is 0 Å². The van der Waals surface area contributed by atoms with Crippen molar-refractivity contribution in [2.45, 2.75) is 39.0 Å². The van der Waals surface area contributed by atoms with Gasteiger partial charge in [-0.1, -0.05) is 26.0 Å². The fraction of sp³-hybridized carbons (Fsp3) is 0.353. The Morgan fingerprint density at radius 3 is 2.48 bits per heavy atom. The van der Waals surface area contributed by atoms with Crippen molar-refractivity contribution in [3.8, 4) is 0 Å². The molecule has 110 valence electrons. The van der Waals surface area contributed by atoms with Crippen LogP contribution in [-0.4, -0.2) is 9.91 Å². The lowest BCUT2D eigenvalue weighted by molar-refractivity contribution is -0.385. The van der Waals surface area contributed by atoms with Gasteiger partial charge in [0.05, 0.1) is 4.92 Å². The number of hydrogen-bond donors (Lipinski definition) is 0. The molecule has 21 heavy (non-hydrogen) atoms. The first-order chi connectivity index (χ1) is 10.1. The highest BCUT2D eigenvalue weighted by molar-refractivity contribution is 5.44. The van der Waals surface area contributed by atoms with E-state index in [2.05, 4.69) is 4.98 Å². The van der Waals surface area contributed by atoms with Crippen LogP contribution in [0.25, 0.3) is 0 Å². The fourth-order valence-electron chi connectivity index (χ4n) is 2.35. The molecule has 0 aliphatic carbocycles. The number of pyridine rings is 1. The van der Waals surface area contributed by atoms with Crippen LogP contribution in [0.2, 0.25) is 0 Å². The largest absolute Gasteiger partial charge is 0.272 e. The molecule has 0 bridgehead atoms. The van der Waals surface area contributed by atoms with Gasteiger partial charge in [0.1, 0.15) is 0 Å². The topological polar surface area (TPSA) is 56.0 Å². The second-order valence-corrected chi connectivity index (χ2v) is 5.51. The van der Waals surface area contributed by atoms with Gasteiger partial charge in [0.15, 0.2) is 0 Å². The minimum absolute atomic E-state index is 0.246. The van der Waals surface area contributed by atoms with Gasteiger partial charge in [-0.05, 0) is 48.4 Å². The molecular formula is C17H20N2O2. The average molecular weight is 284 g/mol. The summed E-state index contributed by atoms with van der Waals surface area (Å²) in [6.07, 6.45) is 6.07. The lowest BCUT2D eigenvalue weighted by Gasteiger charge is -2.08. The predicted octanol–water partition coefficient (Wildman–Crippen LogP) is 4.29. The van der Waals surface area contributed by atoms with E-state index in [9.17, 15) is 10.1 Å². The second-order valence-electron chi connectivity index (χ2n) is 5.51. The van der Waals surface area contributed by atoms with Gasteiger partial charge >= 0.3 is 0 Å². The third-order valence-electron chi connectivity index (χ3n) is 3.63. The van der Waals surface area contributed by atoms with E-state index >= 15 is 0 Å². The summed E-state index contributed by atoms with van der Waals surface area (Å²) in [5.41, 5.74) is 3.29. The minimum atomic E-state index is -0.270. The number of benzene rings is 1. The van der Waals surface area contributed by atoms with E-state index in [4.69, 9.17) is 0 Å². The van der Waals surface area contributed by atoms with Gasteiger partial charge in [-0.25, -0.2) is 0 Å². The molecule has 2 rings (SSSR count). The maximum absolute atomic E-state index is 11.2. The van der Waals surface area contributed by atoms with E-state index in [0.717, 1.165) is 30.4 Å². The van der Waals surface area contributed by atoms with Crippen molar-refractivity contribution < 1.29 is 4.92 Å². The Labute approximate surface area is 125 Å². The van der Waals surface area contributed by atoms with Crippen LogP contribution in [0.4, 0.5) is 5.69 Å². The Kier molecular flexibility index (Phi) is 5.04. The molecule has 1 aromatic carbocycles. The highest BCUT2D eigenvalue weighted by Crippen LogP contribution is 2.26. The Morgan fingerprint density at radius 1 is 1.14 bits per heavy atom.